The normalized spacial score (nSPS) is 19.9. The number of ether oxygens (including phenoxy) is 2. The van der Waals surface area contributed by atoms with Gasteiger partial charge in [0.2, 0.25) is 0 Å². The number of rotatable bonds is 5. The molecule has 1 fully saturated rings. The summed E-state index contributed by atoms with van der Waals surface area (Å²) in [5.74, 6) is 0.389. The highest BCUT2D eigenvalue weighted by molar-refractivity contribution is 5.67. The summed E-state index contributed by atoms with van der Waals surface area (Å²) in [5.41, 5.74) is 5.62. The molecule has 0 aromatic rings. The lowest BCUT2D eigenvalue weighted by molar-refractivity contribution is 0.0162. The maximum absolute atomic E-state index is 11.8. The molecule has 21 heavy (non-hydrogen) atoms. The number of hydrogen-bond acceptors (Lipinski definition) is 5. The third-order valence-corrected chi connectivity index (χ3v) is 3.61. The molecule has 0 radical (unpaired) electrons. The van der Waals surface area contributed by atoms with E-state index in [1.807, 2.05) is 20.8 Å². The number of likely N-dealkylation sites (N-methyl/N-ethyl adjacent to an activating group) is 1. The second-order valence-corrected chi connectivity index (χ2v) is 6.86. The van der Waals surface area contributed by atoms with E-state index in [0.717, 1.165) is 26.1 Å². The summed E-state index contributed by atoms with van der Waals surface area (Å²) in [4.78, 5) is 13.2. The zero-order chi connectivity index (χ0) is 16.0. The molecule has 3 N–H and O–H groups in total. The van der Waals surface area contributed by atoms with Crippen LogP contribution in [0.2, 0.25) is 0 Å². The number of aliphatic hydroxyl groups is 1. The van der Waals surface area contributed by atoms with E-state index in [1.165, 1.54) is 4.90 Å². The van der Waals surface area contributed by atoms with Crippen molar-refractivity contribution in [2.75, 3.05) is 26.8 Å². The Kier molecular flexibility index (Phi) is 6.90. The molecule has 0 bridgehead atoms. The Balaban J connectivity index is 2.34. The molecule has 1 aliphatic heterocycles. The van der Waals surface area contributed by atoms with Gasteiger partial charge in [0, 0.05) is 32.8 Å². The zero-order valence-corrected chi connectivity index (χ0v) is 13.7. The maximum Gasteiger partial charge on any atom is 0.410 e. The molecule has 0 saturated carbocycles. The largest absolute Gasteiger partial charge is 0.444 e. The topological polar surface area (TPSA) is 85.0 Å². The standard InChI is InChI=1S/C15H30N2O4/c1-15(2,3)21-14(19)17(4)10-12(18)9-13(16)11-5-7-20-8-6-11/h11-13,18H,5-10,16H2,1-4H3. The molecular formula is C15H30N2O4. The number of hydrogen-bond donors (Lipinski definition) is 2. The van der Waals surface area contributed by atoms with Crippen molar-refractivity contribution >= 4 is 6.09 Å². The number of carbonyl (C=O) groups excluding carboxylic acids is 1. The van der Waals surface area contributed by atoms with Crippen LogP contribution in [-0.2, 0) is 9.47 Å². The number of amides is 1. The molecule has 0 aromatic heterocycles. The Hall–Kier alpha value is -0.850. The van der Waals surface area contributed by atoms with Crippen LogP contribution in [0.4, 0.5) is 4.79 Å². The van der Waals surface area contributed by atoms with E-state index in [0.29, 0.717) is 12.3 Å². The predicted molar refractivity (Wildman–Crippen MR) is 81.0 cm³/mol. The van der Waals surface area contributed by atoms with E-state index < -0.39 is 17.8 Å². The summed E-state index contributed by atoms with van der Waals surface area (Å²) in [6.45, 7) is 7.16. The third-order valence-electron chi connectivity index (χ3n) is 3.61. The minimum atomic E-state index is -0.639. The first-order valence-corrected chi connectivity index (χ1v) is 7.64. The van der Waals surface area contributed by atoms with Crippen LogP contribution in [0.25, 0.3) is 0 Å². The van der Waals surface area contributed by atoms with Crippen LogP contribution < -0.4 is 5.73 Å². The first-order valence-electron chi connectivity index (χ1n) is 7.64. The molecule has 1 aliphatic rings. The van der Waals surface area contributed by atoms with Crippen LogP contribution in [0.5, 0.6) is 0 Å². The Morgan fingerprint density at radius 3 is 2.52 bits per heavy atom. The van der Waals surface area contributed by atoms with Gasteiger partial charge in [0.1, 0.15) is 5.60 Å². The monoisotopic (exact) mass is 302 g/mol. The van der Waals surface area contributed by atoms with E-state index in [2.05, 4.69) is 0 Å². The van der Waals surface area contributed by atoms with Crippen molar-refractivity contribution in [1.29, 1.82) is 0 Å². The fraction of sp³-hybridized carbons (Fsp3) is 0.933. The minimum Gasteiger partial charge on any atom is -0.444 e. The summed E-state index contributed by atoms with van der Waals surface area (Å²) >= 11 is 0. The summed E-state index contributed by atoms with van der Waals surface area (Å²) < 4.78 is 10.6. The van der Waals surface area contributed by atoms with Crippen molar-refractivity contribution in [2.24, 2.45) is 11.7 Å². The van der Waals surface area contributed by atoms with Crippen LogP contribution in [0, 0.1) is 5.92 Å². The molecular weight excluding hydrogens is 272 g/mol. The van der Waals surface area contributed by atoms with Gasteiger partial charge in [-0.15, -0.1) is 0 Å². The van der Waals surface area contributed by atoms with Crippen molar-refractivity contribution in [3.8, 4) is 0 Å². The Labute approximate surface area is 127 Å². The first kappa shape index (κ1) is 18.2. The molecule has 0 aliphatic carbocycles. The lowest BCUT2D eigenvalue weighted by atomic mass is 9.89. The molecule has 0 aromatic carbocycles. The molecule has 124 valence electrons. The maximum atomic E-state index is 11.8. The van der Waals surface area contributed by atoms with Crippen molar-refractivity contribution < 1.29 is 19.4 Å². The molecule has 1 rings (SSSR count). The van der Waals surface area contributed by atoms with Crippen LogP contribution in [0.3, 0.4) is 0 Å². The van der Waals surface area contributed by atoms with Gasteiger partial charge in [-0.25, -0.2) is 4.79 Å². The Morgan fingerprint density at radius 2 is 2.00 bits per heavy atom. The van der Waals surface area contributed by atoms with Gasteiger partial charge < -0.3 is 25.2 Å². The van der Waals surface area contributed by atoms with Crippen LogP contribution in [-0.4, -0.2) is 60.7 Å². The molecule has 1 saturated heterocycles. The van der Waals surface area contributed by atoms with Crippen LogP contribution in [0.1, 0.15) is 40.0 Å². The molecule has 6 nitrogen and oxygen atoms in total. The average Bonchev–Trinajstić information content (AvgIpc) is 2.37. The fourth-order valence-corrected chi connectivity index (χ4v) is 2.46. The highest BCUT2D eigenvalue weighted by atomic mass is 16.6. The second kappa shape index (κ2) is 7.96. The molecule has 2 unspecified atom stereocenters. The SMILES string of the molecule is CN(CC(O)CC(N)C1CCOCC1)C(=O)OC(C)(C)C. The fourth-order valence-electron chi connectivity index (χ4n) is 2.46. The van der Waals surface area contributed by atoms with E-state index in [9.17, 15) is 9.90 Å². The van der Waals surface area contributed by atoms with Gasteiger partial charge in [-0.3, -0.25) is 0 Å². The van der Waals surface area contributed by atoms with Crippen molar-refractivity contribution in [3.05, 3.63) is 0 Å². The summed E-state index contributed by atoms with van der Waals surface area (Å²) in [6, 6.07) is -0.0593. The average molecular weight is 302 g/mol. The van der Waals surface area contributed by atoms with Gasteiger partial charge in [0.05, 0.1) is 6.10 Å². The summed E-state index contributed by atoms with van der Waals surface area (Å²) in [7, 11) is 1.62. The summed E-state index contributed by atoms with van der Waals surface area (Å²) in [6.07, 6.45) is 1.30. The van der Waals surface area contributed by atoms with Gasteiger partial charge >= 0.3 is 6.09 Å². The molecule has 0 spiro atoms. The van der Waals surface area contributed by atoms with Gasteiger partial charge in [0.25, 0.3) is 0 Å². The highest BCUT2D eigenvalue weighted by Crippen LogP contribution is 2.20. The Bertz CT molecular complexity index is 324. The number of nitrogens with zero attached hydrogens (tertiary/aromatic N) is 1. The third kappa shape index (κ3) is 7.11. The van der Waals surface area contributed by atoms with E-state index in [1.54, 1.807) is 7.05 Å². The molecule has 6 heteroatoms. The summed E-state index contributed by atoms with van der Waals surface area (Å²) in [5, 5.41) is 10.1. The number of nitrogens with two attached hydrogens (primary N) is 1. The van der Waals surface area contributed by atoms with Crippen molar-refractivity contribution in [3.63, 3.8) is 0 Å². The van der Waals surface area contributed by atoms with E-state index >= 15 is 0 Å². The van der Waals surface area contributed by atoms with Gasteiger partial charge in [0.15, 0.2) is 0 Å². The molecule has 1 heterocycles. The smallest absolute Gasteiger partial charge is 0.410 e. The van der Waals surface area contributed by atoms with E-state index in [-0.39, 0.29) is 12.6 Å². The van der Waals surface area contributed by atoms with Gasteiger partial charge in [-0.2, -0.15) is 0 Å². The number of aliphatic hydroxyl groups excluding tert-OH is 1. The van der Waals surface area contributed by atoms with Crippen LogP contribution >= 0.6 is 0 Å². The van der Waals surface area contributed by atoms with Crippen molar-refractivity contribution in [1.82, 2.24) is 4.90 Å². The molecule has 1 amide bonds. The van der Waals surface area contributed by atoms with Crippen LogP contribution in [0.15, 0.2) is 0 Å². The lowest BCUT2D eigenvalue weighted by Crippen LogP contribution is -2.42. The predicted octanol–water partition coefficient (Wildman–Crippen LogP) is 1.36. The van der Waals surface area contributed by atoms with E-state index in [4.69, 9.17) is 15.2 Å². The zero-order valence-electron chi connectivity index (χ0n) is 13.7. The van der Waals surface area contributed by atoms with Gasteiger partial charge in [-0.05, 0) is 46.0 Å². The first-order chi connectivity index (χ1) is 9.69. The number of carbonyl (C=O) groups is 1. The quantitative estimate of drug-likeness (QED) is 0.801. The Morgan fingerprint density at radius 1 is 1.43 bits per heavy atom. The lowest BCUT2D eigenvalue weighted by Gasteiger charge is -2.30. The van der Waals surface area contributed by atoms with Gasteiger partial charge in [-0.1, -0.05) is 0 Å². The second-order valence-electron chi connectivity index (χ2n) is 6.86. The minimum absolute atomic E-state index is 0.0593. The highest BCUT2D eigenvalue weighted by Gasteiger charge is 2.25. The molecule has 2 atom stereocenters. The van der Waals surface area contributed by atoms with Crippen molar-refractivity contribution in [2.45, 2.75) is 57.8 Å².